The summed E-state index contributed by atoms with van der Waals surface area (Å²) in [7, 11) is 0. The zero-order valence-electron chi connectivity index (χ0n) is 16.9. The van der Waals surface area contributed by atoms with Gasteiger partial charge < -0.3 is 19.7 Å². The summed E-state index contributed by atoms with van der Waals surface area (Å²) in [6, 6.07) is 6.99. The monoisotopic (exact) mass is 462 g/mol. The highest BCUT2D eigenvalue weighted by molar-refractivity contribution is 5.97. The Morgan fingerprint density at radius 1 is 1.00 bits per heavy atom. The lowest BCUT2D eigenvalue weighted by molar-refractivity contribution is -0.138. The van der Waals surface area contributed by atoms with Crippen molar-refractivity contribution in [3.05, 3.63) is 53.6 Å². The number of hydrogen-bond acceptors (Lipinski definition) is 4. The standard InChI is InChI=1S/C21H20F6N2O3/c1-13(32-16-4-2-3-14(11-16)20(22,23)24)19(30)28-17-12-15(21(25,26)27)5-6-18(17)29-7-9-31-10-8-29/h2-6,11-13H,7-10H2,1H3,(H,28,30)/t13-/m0/s1. The second-order valence-electron chi connectivity index (χ2n) is 7.10. The minimum atomic E-state index is -4.62. The third-order valence-corrected chi connectivity index (χ3v) is 4.78. The molecule has 2 aromatic rings. The Morgan fingerprint density at radius 2 is 1.62 bits per heavy atom. The van der Waals surface area contributed by atoms with Crippen molar-refractivity contribution in [1.29, 1.82) is 0 Å². The Morgan fingerprint density at radius 3 is 2.25 bits per heavy atom. The molecule has 0 radical (unpaired) electrons. The summed E-state index contributed by atoms with van der Waals surface area (Å²) >= 11 is 0. The number of nitrogens with zero attached hydrogens (tertiary/aromatic N) is 1. The number of alkyl halides is 6. The number of rotatable bonds is 5. The van der Waals surface area contributed by atoms with Gasteiger partial charge in [-0.05, 0) is 43.3 Å². The molecule has 0 spiro atoms. The van der Waals surface area contributed by atoms with E-state index in [9.17, 15) is 31.1 Å². The van der Waals surface area contributed by atoms with Crippen molar-refractivity contribution in [3.63, 3.8) is 0 Å². The average Bonchev–Trinajstić information content (AvgIpc) is 2.73. The van der Waals surface area contributed by atoms with E-state index in [1.165, 1.54) is 19.1 Å². The minimum Gasteiger partial charge on any atom is -0.481 e. The maximum atomic E-state index is 13.2. The molecule has 1 saturated heterocycles. The zero-order valence-corrected chi connectivity index (χ0v) is 16.9. The quantitative estimate of drug-likeness (QED) is 0.638. The van der Waals surface area contributed by atoms with Gasteiger partial charge in [0.05, 0.1) is 35.7 Å². The van der Waals surface area contributed by atoms with Gasteiger partial charge in [0.25, 0.3) is 5.91 Å². The van der Waals surface area contributed by atoms with Crippen LogP contribution in [0.25, 0.3) is 0 Å². The Balaban J connectivity index is 1.80. The lowest BCUT2D eigenvalue weighted by atomic mass is 10.1. The van der Waals surface area contributed by atoms with Crippen LogP contribution in [0, 0.1) is 0 Å². The molecular formula is C21H20F6N2O3. The van der Waals surface area contributed by atoms with Crippen molar-refractivity contribution < 1.29 is 40.6 Å². The first-order chi connectivity index (χ1) is 14.9. The van der Waals surface area contributed by atoms with Crippen LogP contribution in [0.15, 0.2) is 42.5 Å². The van der Waals surface area contributed by atoms with Crippen LogP contribution in [0.3, 0.4) is 0 Å². The predicted molar refractivity (Wildman–Crippen MR) is 105 cm³/mol. The lowest BCUT2D eigenvalue weighted by Gasteiger charge is -2.31. The molecule has 174 valence electrons. The molecule has 11 heteroatoms. The van der Waals surface area contributed by atoms with Crippen molar-refractivity contribution in [3.8, 4) is 5.75 Å². The molecule has 1 aliphatic rings. The summed E-state index contributed by atoms with van der Waals surface area (Å²) < 4.78 is 88.7. The van der Waals surface area contributed by atoms with Gasteiger partial charge >= 0.3 is 12.4 Å². The van der Waals surface area contributed by atoms with Crippen molar-refractivity contribution in [2.24, 2.45) is 0 Å². The first kappa shape index (κ1) is 23.7. The number of halogens is 6. The number of hydrogen-bond donors (Lipinski definition) is 1. The molecule has 2 aromatic carbocycles. The van der Waals surface area contributed by atoms with Crippen molar-refractivity contribution >= 4 is 17.3 Å². The maximum Gasteiger partial charge on any atom is 0.416 e. The van der Waals surface area contributed by atoms with E-state index in [1.54, 1.807) is 4.90 Å². The molecule has 1 N–H and O–H groups in total. The van der Waals surface area contributed by atoms with E-state index in [-0.39, 0.29) is 11.4 Å². The summed E-state index contributed by atoms with van der Waals surface area (Å²) in [5.41, 5.74) is -1.60. The number of ether oxygens (including phenoxy) is 2. The molecule has 1 amide bonds. The first-order valence-electron chi connectivity index (χ1n) is 9.64. The van der Waals surface area contributed by atoms with Crippen LogP contribution >= 0.6 is 0 Å². The van der Waals surface area contributed by atoms with Gasteiger partial charge in [-0.15, -0.1) is 0 Å². The highest BCUT2D eigenvalue weighted by Crippen LogP contribution is 2.36. The smallest absolute Gasteiger partial charge is 0.416 e. The highest BCUT2D eigenvalue weighted by Gasteiger charge is 2.33. The van der Waals surface area contributed by atoms with Crippen LogP contribution in [0.5, 0.6) is 5.75 Å². The van der Waals surface area contributed by atoms with Crippen LogP contribution in [0.1, 0.15) is 18.1 Å². The molecule has 5 nitrogen and oxygen atoms in total. The molecule has 1 atom stereocenters. The molecule has 0 saturated carbocycles. The number of carbonyl (C=O) groups excluding carboxylic acids is 1. The summed E-state index contributed by atoms with van der Waals surface area (Å²) in [6.07, 6.45) is -10.5. The van der Waals surface area contributed by atoms with Crippen molar-refractivity contribution in [2.75, 3.05) is 36.5 Å². The minimum absolute atomic E-state index is 0.0776. The van der Waals surface area contributed by atoms with Gasteiger partial charge in [-0.1, -0.05) is 6.07 Å². The van der Waals surface area contributed by atoms with Gasteiger partial charge in [-0.3, -0.25) is 4.79 Å². The Hall–Kier alpha value is -2.95. The number of nitrogens with one attached hydrogen (secondary N) is 1. The largest absolute Gasteiger partial charge is 0.481 e. The lowest BCUT2D eigenvalue weighted by Crippen LogP contribution is -2.37. The number of amides is 1. The van der Waals surface area contributed by atoms with E-state index in [2.05, 4.69) is 5.32 Å². The van der Waals surface area contributed by atoms with E-state index < -0.39 is 35.5 Å². The second kappa shape index (κ2) is 9.27. The Labute approximate surface area is 179 Å². The molecular weight excluding hydrogens is 442 g/mol. The predicted octanol–water partition coefficient (Wildman–Crippen LogP) is 4.97. The van der Waals surface area contributed by atoms with Crippen molar-refractivity contribution in [1.82, 2.24) is 0 Å². The van der Waals surface area contributed by atoms with Gasteiger partial charge in [0, 0.05) is 13.1 Å². The van der Waals surface area contributed by atoms with Gasteiger partial charge in [-0.25, -0.2) is 0 Å². The maximum absolute atomic E-state index is 13.2. The fraction of sp³-hybridized carbons (Fsp3) is 0.381. The number of anilines is 2. The van der Waals surface area contributed by atoms with Gasteiger partial charge in [0.15, 0.2) is 6.10 Å². The topological polar surface area (TPSA) is 50.8 Å². The van der Waals surface area contributed by atoms with Crippen LogP contribution in [0.4, 0.5) is 37.7 Å². The zero-order chi connectivity index (χ0) is 23.5. The molecule has 0 bridgehead atoms. The number of morpholine rings is 1. The average molecular weight is 462 g/mol. The fourth-order valence-electron chi connectivity index (χ4n) is 3.13. The second-order valence-corrected chi connectivity index (χ2v) is 7.10. The molecule has 3 rings (SSSR count). The molecule has 0 unspecified atom stereocenters. The van der Waals surface area contributed by atoms with Crippen LogP contribution in [-0.4, -0.2) is 38.3 Å². The summed E-state index contributed by atoms with van der Waals surface area (Å²) in [4.78, 5) is 14.4. The molecule has 1 fully saturated rings. The van der Waals surface area contributed by atoms with Gasteiger partial charge in [0.1, 0.15) is 5.75 Å². The van der Waals surface area contributed by atoms with Crippen LogP contribution in [0.2, 0.25) is 0 Å². The molecule has 1 aliphatic heterocycles. The molecule has 32 heavy (non-hydrogen) atoms. The molecule has 1 heterocycles. The molecule has 0 aliphatic carbocycles. The van der Waals surface area contributed by atoms with E-state index in [1.807, 2.05) is 0 Å². The van der Waals surface area contributed by atoms with E-state index >= 15 is 0 Å². The highest BCUT2D eigenvalue weighted by atomic mass is 19.4. The van der Waals surface area contributed by atoms with Crippen molar-refractivity contribution in [2.45, 2.75) is 25.4 Å². The van der Waals surface area contributed by atoms with E-state index in [0.717, 1.165) is 30.3 Å². The Kier molecular flexibility index (Phi) is 6.87. The third kappa shape index (κ3) is 5.84. The normalized spacial score (nSPS) is 15.9. The van der Waals surface area contributed by atoms with Gasteiger partial charge in [0.2, 0.25) is 0 Å². The summed E-state index contributed by atoms with van der Waals surface area (Å²) in [6.45, 7) is 2.89. The Bertz CT molecular complexity index is 955. The van der Waals surface area contributed by atoms with E-state index in [4.69, 9.17) is 9.47 Å². The first-order valence-corrected chi connectivity index (χ1v) is 9.64. The number of carbonyl (C=O) groups is 1. The fourth-order valence-corrected chi connectivity index (χ4v) is 3.13. The third-order valence-electron chi connectivity index (χ3n) is 4.78. The van der Waals surface area contributed by atoms with Crippen LogP contribution in [-0.2, 0) is 21.9 Å². The SMILES string of the molecule is C[C@H](Oc1cccc(C(F)(F)F)c1)C(=O)Nc1cc(C(F)(F)F)ccc1N1CCOCC1. The van der Waals surface area contributed by atoms with Gasteiger partial charge in [-0.2, -0.15) is 26.3 Å². The summed E-state index contributed by atoms with van der Waals surface area (Å²) in [5.74, 6) is -1.00. The van der Waals surface area contributed by atoms with E-state index in [0.29, 0.717) is 32.0 Å². The summed E-state index contributed by atoms with van der Waals surface area (Å²) in [5, 5.41) is 2.42. The van der Waals surface area contributed by atoms with Crippen LogP contribution < -0.4 is 15.0 Å². The number of benzene rings is 2. The molecule has 0 aromatic heterocycles.